The first-order chi connectivity index (χ1) is 17.5. The average Bonchev–Trinajstić information content (AvgIpc) is 3.18. The van der Waals surface area contributed by atoms with Crippen LogP contribution in [0.15, 0.2) is 61.1 Å². The fourth-order valence-corrected chi connectivity index (χ4v) is 5.47. The van der Waals surface area contributed by atoms with Crippen molar-refractivity contribution in [2.75, 3.05) is 12.0 Å². The van der Waals surface area contributed by atoms with Crippen molar-refractivity contribution < 1.29 is 14.3 Å². The number of carbonyl (C=O) groups is 2. The fraction of sp³-hybridized carbons (Fsp3) is 0.357. The number of amides is 2. The van der Waals surface area contributed by atoms with Gasteiger partial charge >= 0.3 is 0 Å². The lowest BCUT2D eigenvalue weighted by Crippen LogP contribution is -2.50. The smallest absolute Gasteiger partial charge is 0.253 e. The number of piperidine rings is 1. The predicted molar refractivity (Wildman–Crippen MR) is 137 cm³/mol. The van der Waals surface area contributed by atoms with Gasteiger partial charge in [-0.3, -0.25) is 14.6 Å². The molecule has 2 bridgehead atoms. The van der Waals surface area contributed by atoms with Crippen LogP contribution in [0.1, 0.15) is 57.5 Å². The quantitative estimate of drug-likeness (QED) is 0.530. The molecule has 2 N–H and O–H groups in total. The molecule has 4 heterocycles. The van der Waals surface area contributed by atoms with Crippen molar-refractivity contribution in [3.05, 3.63) is 83.3 Å². The monoisotopic (exact) mass is 485 g/mol. The molecule has 1 aromatic carbocycles. The molecule has 2 fully saturated rings. The predicted octanol–water partition coefficient (Wildman–Crippen LogP) is 3.65. The summed E-state index contributed by atoms with van der Waals surface area (Å²) < 4.78 is 5.37. The molecule has 2 amide bonds. The molecule has 0 aliphatic carbocycles. The number of carbonyl (C=O) groups excluding carboxylic acids is 2. The lowest BCUT2D eigenvalue weighted by molar-refractivity contribution is 0.0923. The number of rotatable bonds is 7. The Morgan fingerprint density at radius 3 is 2.50 bits per heavy atom. The second kappa shape index (κ2) is 10.4. The van der Waals surface area contributed by atoms with Gasteiger partial charge in [0.2, 0.25) is 0 Å². The molecule has 2 atom stereocenters. The average molecular weight is 486 g/mol. The van der Waals surface area contributed by atoms with Gasteiger partial charge in [-0.05, 0) is 68.5 Å². The van der Waals surface area contributed by atoms with E-state index >= 15 is 0 Å². The summed E-state index contributed by atoms with van der Waals surface area (Å²) in [4.78, 5) is 36.6. The highest BCUT2D eigenvalue weighted by Crippen LogP contribution is 2.38. The van der Waals surface area contributed by atoms with Crippen LogP contribution in [-0.4, -0.2) is 47.0 Å². The Hall–Kier alpha value is -3.94. The minimum atomic E-state index is -0.157. The third-order valence-corrected chi connectivity index (χ3v) is 7.27. The molecule has 2 aliphatic rings. The van der Waals surface area contributed by atoms with Crippen molar-refractivity contribution in [3.8, 4) is 5.75 Å². The zero-order valence-electron chi connectivity index (χ0n) is 20.6. The van der Waals surface area contributed by atoms with Crippen molar-refractivity contribution in [1.82, 2.24) is 20.6 Å². The highest BCUT2D eigenvalue weighted by atomic mass is 16.5. The number of aromatic nitrogens is 2. The maximum Gasteiger partial charge on any atom is 0.253 e. The molecule has 2 aliphatic heterocycles. The summed E-state index contributed by atoms with van der Waals surface area (Å²) in [6.07, 6.45) is 8.99. The minimum absolute atomic E-state index is 0.0518. The first kappa shape index (κ1) is 23.8. The van der Waals surface area contributed by atoms with Crippen LogP contribution in [0.3, 0.4) is 0 Å². The van der Waals surface area contributed by atoms with Crippen LogP contribution in [0.5, 0.6) is 5.75 Å². The van der Waals surface area contributed by atoms with Crippen molar-refractivity contribution >= 4 is 17.6 Å². The summed E-state index contributed by atoms with van der Waals surface area (Å²) in [5, 5.41) is 6.16. The highest BCUT2D eigenvalue weighted by Gasteiger charge is 2.41. The van der Waals surface area contributed by atoms with Crippen LogP contribution >= 0.6 is 0 Å². The van der Waals surface area contributed by atoms with Gasteiger partial charge in [0, 0.05) is 54.4 Å². The molecule has 3 aromatic rings. The molecular weight excluding hydrogens is 454 g/mol. The normalized spacial score (nSPS) is 20.6. The summed E-state index contributed by atoms with van der Waals surface area (Å²) >= 11 is 0. The summed E-state index contributed by atoms with van der Waals surface area (Å²) in [5.41, 5.74) is 2.99. The number of nitrogens with one attached hydrogen (secondary N) is 2. The topological polar surface area (TPSA) is 96.5 Å². The van der Waals surface area contributed by atoms with Gasteiger partial charge in [0.1, 0.15) is 11.6 Å². The maximum atomic E-state index is 13.0. The molecule has 36 heavy (non-hydrogen) atoms. The number of benzene rings is 1. The standard InChI is InChI=1S/C28H31N5O3/c1-18-24(6-3-7-25(18)36-2)28(35)32-21-13-22-9-10-23(14-21)33(22)26-11-8-20(17-30-26)27(34)31-16-19-5-4-12-29-15-19/h3-8,11-12,15,17,21-23H,9-10,13-14,16H2,1-2H3,(H,31,34)(H,32,35). The van der Waals surface area contributed by atoms with Crippen LogP contribution in [-0.2, 0) is 6.54 Å². The Balaban J connectivity index is 1.20. The summed E-state index contributed by atoms with van der Waals surface area (Å²) in [7, 11) is 1.62. The fourth-order valence-electron chi connectivity index (χ4n) is 5.47. The van der Waals surface area contributed by atoms with E-state index in [1.165, 1.54) is 0 Å². The Kier molecular flexibility index (Phi) is 6.84. The van der Waals surface area contributed by atoms with Gasteiger partial charge in [-0.25, -0.2) is 4.98 Å². The van der Waals surface area contributed by atoms with E-state index in [0.717, 1.165) is 48.4 Å². The third kappa shape index (κ3) is 4.89. The lowest BCUT2D eigenvalue weighted by Gasteiger charge is -2.40. The van der Waals surface area contributed by atoms with Gasteiger partial charge in [0.15, 0.2) is 0 Å². The molecular formula is C28H31N5O3. The number of anilines is 1. The van der Waals surface area contributed by atoms with Gasteiger partial charge < -0.3 is 20.3 Å². The first-order valence-electron chi connectivity index (χ1n) is 12.4. The van der Waals surface area contributed by atoms with Crippen LogP contribution < -0.4 is 20.3 Å². The first-order valence-corrected chi connectivity index (χ1v) is 12.4. The van der Waals surface area contributed by atoms with E-state index in [2.05, 4.69) is 25.5 Å². The molecule has 0 radical (unpaired) electrons. The molecule has 5 rings (SSSR count). The number of fused-ring (bicyclic) bond motifs is 2. The van der Waals surface area contributed by atoms with E-state index in [1.807, 2.05) is 49.4 Å². The maximum absolute atomic E-state index is 13.0. The Labute approximate surface area is 211 Å². The van der Waals surface area contributed by atoms with Crippen LogP contribution in [0.2, 0.25) is 0 Å². The van der Waals surface area contributed by atoms with Gasteiger partial charge in [0.05, 0.1) is 12.7 Å². The Morgan fingerprint density at radius 1 is 1.03 bits per heavy atom. The molecule has 0 saturated carbocycles. The van der Waals surface area contributed by atoms with E-state index in [4.69, 9.17) is 4.74 Å². The second-order valence-corrected chi connectivity index (χ2v) is 9.52. The molecule has 2 aromatic heterocycles. The van der Waals surface area contributed by atoms with Gasteiger partial charge in [0.25, 0.3) is 11.8 Å². The van der Waals surface area contributed by atoms with Crippen LogP contribution in [0, 0.1) is 6.92 Å². The number of ether oxygens (including phenoxy) is 1. The van der Waals surface area contributed by atoms with Gasteiger partial charge in [-0.15, -0.1) is 0 Å². The molecule has 0 spiro atoms. The lowest BCUT2D eigenvalue weighted by atomic mass is 9.96. The van der Waals surface area contributed by atoms with Crippen molar-refractivity contribution in [2.45, 2.75) is 57.3 Å². The molecule has 186 valence electrons. The Morgan fingerprint density at radius 2 is 1.83 bits per heavy atom. The summed E-state index contributed by atoms with van der Waals surface area (Å²) in [5.74, 6) is 1.40. The summed E-state index contributed by atoms with van der Waals surface area (Å²) in [6, 6.07) is 13.9. The van der Waals surface area contributed by atoms with Gasteiger partial charge in [-0.2, -0.15) is 0 Å². The molecule has 8 heteroatoms. The second-order valence-electron chi connectivity index (χ2n) is 9.52. The SMILES string of the molecule is COc1cccc(C(=O)NC2CC3CCC(C2)N3c2ccc(C(=O)NCc3cccnc3)cn2)c1C. The third-order valence-electron chi connectivity index (χ3n) is 7.27. The van der Waals surface area contributed by atoms with Gasteiger partial charge in [-0.1, -0.05) is 12.1 Å². The number of hydrogen-bond acceptors (Lipinski definition) is 6. The molecule has 8 nitrogen and oxygen atoms in total. The zero-order valence-corrected chi connectivity index (χ0v) is 20.6. The number of nitrogens with zero attached hydrogens (tertiary/aromatic N) is 3. The van der Waals surface area contributed by atoms with Crippen molar-refractivity contribution in [3.63, 3.8) is 0 Å². The molecule has 2 saturated heterocycles. The van der Waals surface area contributed by atoms with E-state index in [-0.39, 0.29) is 17.9 Å². The van der Waals surface area contributed by atoms with Crippen molar-refractivity contribution in [1.29, 1.82) is 0 Å². The van der Waals surface area contributed by atoms with Crippen LogP contribution in [0.4, 0.5) is 5.82 Å². The van der Waals surface area contributed by atoms with E-state index in [1.54, 1.807) is 25.7 Å². The number of methoxy groups -OCH3 is 1. The Bertz CT molecular complexity index is 1220. The van der Waals surface area contributed by atoms with Crippen LogP contribution in [0.25, 0.3) is 0 Å². The van der Waals surface area contributed by atoms with Crippen molar-refractivity contribution in [2.24, 2.45) is 0 Å². The molecule has 2 unspecified atom stereocenters. The number of hydrogen-bond donors (Lipinski definition) is 2. The van der Waals surface area contributed by atoms with E-state index in [0.29, 0.717) is 29.8 Å². The number of pyridine rings is 2. The van der Waals surface area contributed by atoms with E-state index < -0.39 is 0 Å². The summed E-state index contributed by atoms with van der Waals surface area (Å²) in [6.45, 7) is 2.33. The largest absolute Gasteiger partial charge is 0.496 e. The highest BCUT2D eigenvalue weighted by molar-refractivity contribution is 5.96. The zero-order chi connectivity index (χ0) is 25.1. The minimum Gasteiger partial charge on any atom is -0.496 e. The van der Waals surface area contributed by atoms with E-state index in [9.17, 15) is 9.59 Å².